The standard InChI is InChI=1S/C34H38N4O7/c1-21(2)16-28(32(42)35-19-31(40)41)38-33(43)29(17-22-10-4-3-5-11-22)37-30(39)18-36-34(44)45-20-27-25-14-8-6-12-23(25)24-13-7-9-15-26(24)27/h3-15,21,27-29H,16-20H2,1-2H3,(H,35,42)(H,36,44)(H,37,39)(H,38,43)(H,40,41)/t28-,29-/m0/s1. The average molecular weight is 615 g/mol. The van der Waals surface area contributed by atoms with Gasteiger partial charge in [0.2, 0.25) is 17.7 Å². The molecule has 3 aromatic rings. The van der Waals surface area contributed by atoms with Crippen LogP contribution in [0.25, 0.3) is 11.1 Å². The van der Waals surface area contributed by atoms with Crippen molar-refractivity contribution in [2.45, 2.75) is 44.7 Å². The smallest absolute Gasteiger partial charge is 0.407 e. The monoisotopic (exact) mass is 614 g/mol. The molecule has 0 radical (unpaired) electrons. The Morgan fingerprint density at radius 3 is 1.93 bits per heavy atom. The summed E-state index contributed by atoms with van der Waals surface area (Å²) in [4.78, 5) is 62.5. The van der Waals surface area contributed by atoms with E-state index in [9.17, 15) is 24.0 Å². The SMILES string of the molecule is CC(C)C[C@H](NC(=O)[C@H](Cc1ccccc1)NC(=O)CNC(=O)OCC1c2ccccc2-c2ccccc21)C(=O)NCC(=O)O. The molecule has 1 aliphatic carbocycles. The summed E-state index contributed by atoms with van der Waals surface area (Å²) in [6.07, 6.45) is -0.399. The molecule has 11 heteroatoms. The molecule has 0 saturated carbocycles. The molecule has 1 aliphatic rings. The number of amides is 4. The number of hydrogen-bond donors (Lipinski definition) is 5. The van der Waals surface area contributed by atoms with Crippen LogP contribution in [0.4, 0.5) is 4.79 Å². The Morgan fingerprint density at radius 2 is 1.33 bits per heavy atom. The number of carboxylic acid groups (broad SMARTS) is 1. The molecule has 0 fully saturated rings. The average Bonchev–Trinajstić information content (AvgIpc) is 3.34. The predicted octanol–water partition coefficient (Wildman–Crippen LogP) is 2.98. The summed E-state index contributed by atoms with van der Waals surface area (Å²) in [5.74, 6) is -3.23. The predicted molar refractivity (Wildman–Crippen MR) is 167 cm³/mol. The fraction of sp³-hybridized carbons (Fsp3) is 0.324. The Balaban J connectivity index is 1.35. The summed E-state index contributed by atoms with van der Waals surface area (Å²) in [6.45, 7) is 2.78. The summed E-state index contributed by atoms with van der Waals surface area (Å²) in [7, 11) is 0. The fourth-order valence-corrected chi connectivity index (χ4v) is 5.37. The molecule has 11 nitrogen and oxygen atoms in total. The van der Waals surface area contributed by atoms with Crippen molar-refractivity contribution in [3.63, 3.8) is 0 Å². The van der Waals surface area contributed by atoms with Crippen molar-refractivity contribution in [1.82, 2.24) is 21.3 Å². The van der Waals surface area contributed by atoms with Crippen LogP contribution in [0.5, 0.6) is 0 Å². The maximum absolute atomic E-state index is 13.4. The van der Waals surface area contributed by atoms with Crippen molar-refractivity contribution >= 4 is 29.8 Å². The van der Waals surface area contributed by atoms with E-state index in [2.05, 4.69) is 21.3 Å². The van der Waals surface area contributed by atoms with E-state index in [4.69, 9.17) is 9.84 Å². The number of carboxylic acids is 1. The van der Waals surface area contributed by atoms with Crippen molar-refractivity contribution in [3.05, 3.63) is 95.6 Å². The molecule has 0 aliphatic heterocycles. The first kappa shape index (κ1) is 32.7. The van der Waals surface area contributed by atoms with E-state index >= 15 is 0 Å². The number of hydrogen-bond acceptors (Lipinski definition) is 6. The number of rotatable bonds is 14. The molecule has 0 bridgehead atoms. The number of aliphatic carboxylic acids is 1. The lowest BCUT2D eigenvalue weighted by Gasteiger charge is -2.24. The molecule has 0 spiro atoms. The number of fused-ring (bicyclic) bond motifs is 3. The highest BCUT2D eigenvalue weighted by Gasteiger charge is 2.30. The van der Waals surface area contributed by atoms with Gasteiger partial charge in [-0.3, -0.25) is 19.2 Å². The van der Waals surface area contributed by atoms with Gasteiger partial charge in [-0.15, -0.1) is 0 Å². The second-order valence-electron chi connectivity index (χ2n) is 11.3. The summed E-state index contributed by atoms with van der Waals surface area (Å²) < 4.78 is 5.50. The minimum absolute atomic E-state index is 0.00875. The number of carbonyl (C=O) groups is 5. The molecule has 236 valence electrons. The van der Waals surface area contributed by atoms with Crippen LogP contribution in [0.15, 0.2) is 78.9 Å². The van der Waals surface area contributed by atoms with Crippen LogP contribution in [-0.4, -0.2) is 66.7 Å². The van der Waals surface area contributed by atoms with Gasteiger partial charge in [0, 0.05) is 12.3 Å². The Kier molecular flexibility index (Phi) is 11.3. The van der Waals surface area contributed by atoms with Gasteiger partial charge in [-0.2, -0.15) is 0 Å². The topological polar surface area (TPSA) is 163 Å². The van der Waals surface area contributed by atoms with Crippen molar-refractivity contribution in [3.8, 4) is 11.1 Å². The summed E-state index contributed by atoms with van der Waals surface area (Å²) in [5, 5.41) is 19.0. The van der Waals surface area contributed by atoms with Crippen LogP contribution in [0.1, 0.15) is 42.9 Å². The maximum atomic E-state index is 13.4. The quantitative estimate of drug-likeness (QED) is 0.186. The lowest BCUT2D eigenvalue weighted by atomic mass is 9.98. The van der Waals surface area contributed by atoms with Gasteiger partial charge in [-0.1, -0.05) is 92.7 Å². The van der Waals surface area contributed by atoms with E-state index in [-0.39, 0.29) is 31.3 Å². The number of alkyl carbamates (subject to hydrolysis) is 1. The second-order valence-corrected chi connectivity index (χ2v) is 11.3. The number of carbonyl (C=O) groups excluding carboxylic acids is 4. The highest BCUT2D eigenvalue weighted by atomic mass is 16.5. The number of nitrogens with one attached hydrogen (secondary N) is 4. The third kappa shape index (κ3) is 9.15. The molecule has 0 saturated heterocycles. The zero-order valence-corrected chi connectivity index (χ0v) is 25.2. The molecule has 4 rings (SSSR count). The molecule has 0 heterocycles. The highest BCUT2D eigenvalue weighted by molar-refractivity contribution is 5.93. The first-order valence-electron chi connectivity index (χ1n) is 14.8. The molecule has 4 amide bonds. The zero-order chi connectivity index (χ0) is 32.3. The molecule has 5 N–H and O–H groups in total. The van der Waals surface area contributed by atoms with E-state index in [0.717, 1.165) is 27.8 Å². The lowest BCUT2D eigenvalue weighted by Crippen LogP contribution is -2.56. The first-order valence-corrected chi connectivity index (χ1v) is 14.8. The van der Waals surface area contributed by atoms with Crippen LogP contribution < -0.4 is 21.3 Å². The summed E-state index contributed by atoms with van der Waals surface area (Å²) in [5.41, 5.74) is 5.08. The molecule has 45 heavy (non-hydrogen) atoms. The van der Waals surface area contributed by atoms with Gasteiger partial charge >= 0.3 is 12.1 Å². The van der Waals surface area contributed by atoms with Crippen LogP contribution in [0.2, 0.25) is 0 Å². The Hall–Kier alpha value is -5.19. The van der Waals surface area contributed by atoms with Gasteiger partial charge in [0.05, 0.1) is 0 Å². The lowest BCUT2D eigenvalue weighted by molar-refractivity contribution is -0.138. The third-order valence-electron chi connectivity index (χ3n) is 7.43. The third-order valence-corrected chi connectivity index (χ3v) is 7.43. The Morgan fingerprint density at radius 1 is 0.733 bits per heavy atom. The Labute approximate surface area is 261 Å². The van der Waals surface area contributed by atoms with E-state index in [1.807, 2.05) is 68.4 Å². The maximum Gasteiger partial charge on any atom is 0.407 e. The van der Waals surface area contributed by atoms with Crippen molar-refractivity contribution in [2.24, 2.45) is 5.92 Å². The van der Waals surface area contributed by atoms with Gasteiger partial charge < -0.3 is 31.1 Å². The van der Waals surface area contributed by atoms with E-state index in [0.29, 0.717) is 0 Å². The Bertz CT molecular complexity index is 1480. The van der Waals surface area contributed by atoms with Crippen LogP contribution >= 0.6 is 0 Å². The largest absolute Gasteiger partial charge is 0.480 e. The van der Waals surface area contributed by atoms with Crippen molar-refractivity contribution in [1.29, 1.82) is 0 Å². The molecule has 2 atom stereocenters. The highest BCUT2D eigenvalue weighted by Crippen LogP contribution is 2.44. The van der Waals surface area contributed by atoms with Gasteiger partial charge in [-0.25, -0.2) is 4.79 Å². The second kappa shape index (κ2) is 15.5. The molecular weight excluding hydrogens is 576 g/mol. The van der Waals surface area contributed by atoms with Crippen LogP contribution in [-0.2, 0) is 30.3 Å². The fourth-order valence-electron chi connectivity index (χ4n) is 5.37. The first-order chi connectivity index (χ1) is 21.6. The van der Waals surface area contributed by atoms with Gasteiger partial charge in [0.15, 0.2) is 0 Å². The normalized spacial score (nSPS) is 13.1. The van der Waals surface area contributed by atoms with Crippen molar-refractivity contribution < 1.29 is 33.8 Å². The summed E-state index contributed by atoms with van der Waals surface area (Å²) in [6, 6.07) is 22.8. The van der Waals surface area contributed by atoms with E-state index in [1.165, 1.54) is 0 Å². The molecular formula is C34H38N4O7. The molecule has 3 aromatic carbocycles. The van der Waals surface area contributed by atoms with E-state index < -0.39 is 55.0 Å². The van der Waals surface area contributed by atoms with E-state index in [1.54, 1.807) is 24.3 Å². The van der Waals surface area contributed by atoms with Gasteiger partial charge in [0.1, 0.15) is 31.8 Å². The minimum Gasteiger partial charge on any atom is -0.480 e. The summed E-state index contributed by atoms with van der Waals surface area (Å²) >= 11 is 0. The zero-order valence-electron chi connectivity index (χ0n) is 25.2. The number of ether oxygens (including phenoxy) is 1. The molecule has 0 unspecified atom stereocenters. The van der Waals surface area contributed by atoms with Gasteiger partial charge in [-0.05, 0) is 40.2 Å². The van der Waals surface area contributed by atoms with Crippen LogP contribution in [0.3, 0.4) is 0 Å². The van der Waals surface area contributed by atoms with Crippen molar-refractivity contribution in [2.75, 3.05) is 19.7 Å². The number of benzene rings is 3. The minimum atomic E-state index is -1.21. The van der Waals surface area contributed by atoms with Crippen LogP contribution in [0, 0.1) is 5.92 Å². The molecule has 0 aromatic heterocycles. The van der Waals surface area contributed by atoms with Gasteiger partial charge in [0.25, 0.3) is 0 Å².